The molecular formula is C28H27N5O4. The molecule has 0 saturated carbocycles. The third kappa shape index (κ3) is 3.23. The molecule has 3 amide bonds. The van der Waals surface area contributed by atoms with Crippen LogP contribution in [-0.2, 0) is 19.7 Å². The number of hydrogen-bond acceptors (Lipinski definition) is 6. The van der Waals surface area contributed by atoms with E-state index in [1.54, 1.807) is 25.5 Å². The average molecular weight is 498 g/mol. The summed E-state index contributed by atoms with van der Waals surface area (Å²) in [5.74, 6) is -0.265. The monoisotopic (exact) mass is 497 g/mol. The van der Waals surface area contributed by atoms with Crippen molar-refractivity contribution in [3.8, 4) is 5.69 Å². The molecule has 3 aliphatic heterocycles. The van der Waals surface area contributed by atoms with Crippen molar-refractivity contribution in [1.29, 1.82) is 0 Å². The first kappa shape index (κ1) is 23.0. The third-order valence-corrected chi connectivity index (χ3v) is 6.96. The van der Waals surface area contributed by atoms with E-state index in [0.717, 1.165) is 10.6 Å². The summed E-state index contributed by atoms with van der Waals surface area (Å²) in [5.41, 5.74) is 1.89. The largest absolute Gasteiger partial charge is 0.443 e. The summed E-state index contributed by atoms with van der Waals surface area (Å²) in [6.45, 7) is 7.22. The van der Waals surface area contributed by atoms with Crippen LogP contribution in [0.4, 0.5) is 16.3 Å². The van der Waals surface area contributed by atoms with Crippen molar-refractivity contribution >= 4 is 29.4 Å². The molecule has 0 radical (unpaired) electrons. The topological polar surface area (TPSA) is 106 Å². The van der Waals surface area contributed by atoms with Gasteiger partial charge in [-0.1, -0.05) is 36.4 Å². The zero-order valence-electron chi connectivity index (χ0n) is 21.1. The van der Waals surface area contributed by atoms with Crippen LogP contribution in [0.1, 0.15) is 44.0 Å². The molecule has 3 aliphatic rings. The molecule has 0 aliphatic carbocycles. The Kier molecular flexibility index (Phi) is 4.85. The molecule has 4 heterocycles. The molecule has 3 aromatic rings. The first-order valence-electron chi connectivity index (χ1n) is 12.2. The highest BCUT2D eigenvalue weighted by Crippen LogP contribution is 2.55. The molecule has 2 aromatic carbocycles. The lowest BCUT2D eigenvalue weighted by molar-refractivity contribution is -0.130. The van der Waals surface area contributed by atoms with E-state index in [-0.39, 0.29) is 18.0 Å². The molecule has 0 bridgehead atoms. The maximum atomic E-state index is 14.1. The Bertz CT molecular complexity index is 1520. The number of nitrogens with zero attached hydrogens (tertiary/aromatic N) is 3. The van der Waals surface area contributed by atoms with E-state index in [1.807, 2.05) is 61.5 Å². The van der Waals surface area contributed by atoms with E-state index in [2.05, 4.69) is 10.6 Å². The maximum Gasteiger partial charge on any atom is 0.417 e. The van der Waals surface area contributed by atoms with Crippen molar-refractivity contribution in [3.05, 3.63) is 82.7 Å². The normalized spacial score (nSPS) is 20.3. The number of ether oxygens (including phenoxy) is 1. The van der Waals surface area contributed by atoms with Crippen LogP contribution in [0, 0.1) is 6.92 Å². The fourth-order valence-corrected chi connectivity index (χ4v) is 5.59. The molecule has 188 valence electrons. The molecular weight excluding hydrogens is 470 g/mol. The number of fused-ring (bicyclic) bond motifs is 5. The van der Waals surface area contributed by atoms with E-state index >= 15 is 0 Å². The molecule has 37 heavy (non-hydrogen) atoms. The van der Waals surface area contributed by atoms with Gasteiger partial charge in [0.15, 0.2) is 0 Å². The lowest BCUT2D eigenvalue weighted by Crippen LogP contribution is -2.53. The molecule has 1 unspecified atom stereocenters. The molecule has 9 heteroatoms. The number of hydrogen-bond donors (Lipinski definition) is 2. The number of rotatable bonds is 1. The van der Waals surface area contributed by atoms with Gasteiger partial charge in [0.2, 0.25) is 5.91 Å². The lowest BCUT2D eigenvalue weighted by Gasteiger charge is -2.41. The highest BCUT2D eigenvalue weighted by Gasteiger charge is 2.60. The zero-order chi connectivity index (χ0) is 26.1. The number of benzene rings is 2. The van der Waals surface area contributed by atoms with Crippen LogP contribution >= 0.6 is 0 Å². The van der Waals surface area contributed by atoms with Crippen molar-refractivity contribution < 1.29 is 19.1 Å². The summed E-state index contributed by atoms with van der Waals surface area (Å²) in [5, 5.41) is 11.2. The Morgan fingerprint density at radius 3 is 2.46 bits per heavy atom. The minimum Gasteiger partial charge on any atom is -0.443 e. The fourth-order valence-electron chi connectivity index (χ4n) is 5.59. The summed E-state index contributed by atoms with van der Waals surface area (Å²) >= 11 is 0. The number of carbonyl (C=O) groups excluding carboxylic acids is 3. The van der Waals surface area contributed by atoms with E-state index in [4.69, 9.17) is 9.84 Å². The maximum absolute atomic E-state index is 14.1. The van der Waals surface area contributed by atoms with Gasteiger partial charge in [-0.2, -0.15) is 5.10 Å². The van der Waals surface area contributed by atoms with Crippen LogP contribution in [0.15, 0.2) is 65.9 Å². The van der Waals surface area contributed by atoms with Gasteiger partial charge in [-0.3, -0.25) is 9.59 Å². The van der Waals surface area contributed by atoms with Crippen LogP contribution in [-0.4, -0.2) is 44.7 Å². The Balaban J connectivity index is 1.60. The highest BCUT2D eigenvalue weighted by molar-refractivity contribution is 6.21. The predicted octanol–water partition coefficient (Wildman–Crippen LogP) is 4.27. The van der Waals surface area contributed by atoms with Gasteiger partial charge in [-0.25, -0.2) is 14.4 Å². The van der Waals surface area contributed by atoms with Crippen LogP contribution in [0.3, 0.4) is 0 Å². The minimum atomic E-state index is -1.47. The third-order valence-electron chi connectivity index (χ3n) is 6.96. The number of amides is 3. The Hall–Kier alpha value is -4.40. The second kappa shape index (κ2) is 7.80. The van der Waals surface area contributed by atoms with Crippen molar-refractivity contribution in [2.45, 2.75) is 45.1 Å². The van der Waals surface area contributed by atoms with Gasteiger partial charge < -0.3 is 15.4 Å². The standard InChI is InChI=1S/C28H27N5O4/c1-16-21-23(33(31-16)17-10-6-5-7-11-17)29-20-14-15-32(26(36)37-27(2,3)4)24(34)22(20)28(21)18-12-8-9-13-19(18)30-25(28)35/h5-13,29H,14-15H2,1-4H3,(H,30,35). The van der Waals surface area contributed by atoms with Gasteiger partial charge in [-0.15, -0.1) is 0 Å². The number of imide groups is 1. The SMILES string of the molecule is Cc1nn(-c2ccccc2)c2c1C1(C(=O)Nc3ccccc31)C1=C(CCN(C(=O)OC(C)(C)C)C1=O)N2. The zero-order valence-corrected chi connectivity index (χ0v) is 21.1. The number of aromatic nitrogens is 2. The fraction of sp³-hybridized carbons (Fsp3) is 0.286. The van der Waals surface area contributed by atoms with E-state index in [9.17, 15) is 14.4 Å². The van der Waals surface area contributed by atoms with Gasteiger partial charge in [-0.05, 0) is 45.9 Å². The number of para-hydroxylation sites is 2. The van der Waals surface area contributed by atoms with Gasteiger partial charge in [0.05, 0.1) is 17.0 Å². The molecule has 2 N–H and O–H groups in total. The molecule has 9 nitrogen and oxygen atoms in total. The van der Waals surface area contributed by atoms with E-state index < -0.39 is 23.0 Å². The van der Waals surface area contributed by atoms with Crippen molar-refractivity contribution in [1.82, 2.24) is 14.7 Å². The van der Waals surface area contributed by atoms with Crippen LogP contribution in [0.25, 0.3) is 5.69 Å². The van der Waals surface area contributed by atoms with Gasteiger partial charge in [0, 0.05) is 35.5 Å². The second-order valence-electron chi connectivity index (χ2n) is 10.5. The second-order valence-corrected chi connectivity index (χ2v) is 10.5. The van der Waals surface area contributed by atoms with Crippen LogP contribution in [0.5, 0.6) is 0 Å². The van der Waals surface area contributed by atoms with Gasteiger partial charge in [0.1, 0.15) is 16.8 Å². The van der Waals surface area contributed by atoms with Crippen molar-refractivity contribution in [2.75, 3.05) is 17.2 Å². The quantitative estimate of drug-likeness (QED) is 0.520. The number of anilines is 2. The van der Waals surface area contributed by atoms with Crippen molar-refractivity contribution in [3.63, 3.8) is 0 Å². The molecule has 1 spiro atoms. The Labute approximate surface area is 214 Å². The van der Waals surface area contributed by atoms with Crippen LogP contribution < -0.4 is 10.6 Å². The summed E-state index contributed by atoms with van der Waals surface area (Å²) in [6, 6.07) is 17.0. The first-order chi connectivity index (χ1) is 17.6. The minimum absolute atomic E-state index is 0.132. The molecule has 1 atom stereocenters. The highest BCUT2D eigenvalue weighted by atomic mass is 16.6. The molecule has 0 fully saturated rings. The summed E-state index contributed by atoms with van der Waals surface area (Å²) < 4.78 is 7.31. The number of carbonyl (C=O) groups is 3. The Morgan fingerprint density at radius 1 is 1.03 bits per heavy atom. The van der Waals surface area contributed by atoms with Crippen LogP contribution in [0.2, 0.25) is 0 Å². The lowest BCUT2D eigenvalue weighted by atomic mass is 9.66. The molecule has 6 rings (SSSR count). The van der Waals surface area contributed by atoms with E-state index in [1.165, 1.54) is 0 Å². The molecule has 0 saturated heterocycles. The average Bonchev–Trinajstić information content (AvgIpc) is 3.33. The van der Waals surface area contributed by atoms with Gasteiger partial charge >= 0.3 is 6.09 Å². The summed E-state index contributed by atoms with van der Waals surface area (Å²) in [7, 11) is 0. The smallest absolute Gasteiger partial charge is 0.417 e. The van der Waals surface area contributed by atoms with Gasteiger partial charge in [0.25, 0.3) is 5.91 Å². The first-order valence-corrected chi connectivity index (χ1v) is 12.2. The van der Waals surface area contributed by atoms with E-state index in [0.29, 0.717) is 40.4 Å². The molecule has 1 aromatic heterocycles. The number of nitrogens with one attached hydrogen (secondary N) is 2. The predicted molar refractivity (Wildman–Crippen MR) is 137 cm³/mol. The summed E-state index contributed by atoms with van der Waals surface area (Å²) in [4.78, 5) is 42.4. The number of aryl methyl sites for hydroxylation is 1. The Morgan fingerprint density at radius 2 is 1.73 bits per heavy atom. The van der Waals surface area contributed by atoms with Crippen molar-refractivity contribution in [2.24, 2.45) is 0 Å². The summed E-state index contributed by atoms with van der Waals surface area (Å²) in [6.07, 6.45) is -0.385.